The summed E-state index contributed by atoms with van der Waals surface area (Å²) in [7, 11) is 0. The summed E-state index contributed by atoms with van der Waals surface area (Å²) in [6.07, 6.45) is 6.02. The van der Waals surface area contributed by atoms with Crippen molar-refractivity contribution in [2.24, 2.45) is 11.8 Å². The Hall–Kier alpha value is -0.600. The minimum absolute atomic E-state index is 0.121. The fourth-order valence-electron chi connectivity index (χ4n) is 3.15. The molecule has 0 amide bonds. The number of hydrogen-bond acceptors (Lipinski definition) is 1. The van der Waals surface area contributed by atoms with E-state index in [4.69, 9.17) is 11.6 Å². The van der Waals surface area contributed by atoms with Crippen LogP contribution in [0, 0.1) is 17.7 Å². The fourth-order valence-corrected chi connectivity index (χ4v) is 3.34. The lowest BCUT2D eigenvalue weighted by Gasteiger charge is -2.24. The van der Waals surface area contributed by atoms with E-state index in [-0.39, 0.29) is 5.82 Å². The second kappa shape index (κ2) is 7.25. The summed E-state index contributed by atoms with van der Waals surface area (Å²) in [6.45, 7) is 4.07. The van der Waals surface area contributed by atoms with Crippen molar-refractivity contribution in [3.8, 4) is 0 Å². The predicted molar refractivity (Wildman–Crippen MR) is 79.1 cm³/mol. The van der Waals surface area contributed by atoms with Crippen LogP contribution in [0.25, 0.3) is 0 Å². The summed E-state index contributed by atoms with van der Waals surface area (Å²) in [5.74, 6) is 1.14. The predicted octanol–water partition coefficient (Wildman–Crippen LogP) is 4.44. The molecule has 0 aromatic heterocycles. The van der Waals surface area contributed by atoms with E-state index in [0.717, 1.165) is 31.0 Å². The Kier molecular flexibility index (Phi) is 5.65. The molecule has 106 valence electrons. The molecule has 1 N–H and O–H groups in total. The molecule has 1 aromatic rings. The number of halogens is 2. The van der Waals surface area contributed by atoms with Gasteiger partial charge in [-0.15, -0.1) is 0 Å². The van der Waals surface area contributed by atoms with Gasteiger partial charge in [0.1, 0.15) is 5.82 Å². The van der Waals surface area contributed by atoms with Gasteiger partial charge >= 0.3 is 0 Å². The van der Waals surface area contributed by atoms with Crippen molar-refractivity contribution < 1.29 is 4.39 Å². The Morgan fingerprint density at radius 3 is 2.79 bits per heavy atom. The second-order valence-electron chi connectivity index (χ2n) is 5.55. The summed E-state index contributed by atoms with van der Waals surface area (Å²) in [4.78, 5) is 0. The highest BCUT2D eigenvalue weighted by atomic mass is 35.5. The highest BCUT2D eigenvalue weighted by Gasteiger charge is 2.25. The quantitative estimate of drug-likeness (QED) is 0.814. The standard InChI is InChI=1S/C16H23ClFN/c1-2-19-11-14(12-5-3-4-6-12)9-13-10-15(17)7-8-16(13)18/h7-8,10,12,14,19H,2-6,9,11H2,1H3. The lowest BCUT2D eigenvalue weighted by atomic mass is 9.85. The zero-order valence-corrected chi connectivity index (χ0v) is 12.3. The van der Waals surface area contributed by atoms with E-state index in [9.17, 15) is 4.39 Å². The molecule has 0 radical (unpaired) electrons. The maximum atomic E-state index is 13.9. The average Bonchev–Trinajstić information content (AvgIpc) is 2.92. The van der Waals surface area contributed by atoms with Gasteiger partial charge in [-0.05, 0) is 55.1 Å². The van der Waals surface area contributed by atoms with Gasteiger partial charge in [0.15, 0.2) is 0 Å². The molecular weight excluding hydrogens is 261 g/mol. The number of nitrogens with one attached hydrogen (secondary N) is 1. The Morgan fingerprint density at radius 1 is 1.37 bits per heavy atom. The molecule has 0 aliphatic heterocycles. The molecule has 19 heavy (non-hydrogen) atoms. The van der Waals surface area contributed by atoms with E-state index in [0.29, 0.717) is 10.9 Å². The van der Waals surface area contributed by atoms with Crippen LogP contribution in [-0.2, 0) is 6.42 Å². The van der Waals surface area contributed by atoms with Crippen LogP contribution in [0.3, 0.4) is 0 Å². The molecule has 0 heterocycles. The molecule has 0 bridgehead atoms. The first-order valence-corrected chi connectivity index (χ1v) is 7.73. The monoisotopic (exact) mass is 283 g/mol. The van der Waals surface area contributed by atoms with Crippen molar-refractivity contribution >= 4 is 11.6 Å². The molecule has 0 saturated heterocycles. The lowest BCUT2D eigenvalue weighted by Crippen LogP contribution is -2.29. The van der Waals surface area contributed by atoms with E-state index >= 15 is 0 Å². The Balaban J connectivity index is 2.07. The molecule has 0 spiro atoms. The molecule has 1 atom stereocenters. The van der Waals surface area contributed by atoms with Crippen LogP contribution in [-0.4, -0.2) is 13.1 Å². The van der Waals surface area contributed by atoms with Crippen molar-refractivity contribution in [1.82, 2.24) is 5.32 Å². The van der Waals surface area contributed by atoms with E-state index in [2.05, 4.69) is 12.2 Å². The third-order valence-corrected chi connectivity index (χ3v) is 4.45. The minimum atomic E-state index is -0.121. The Bertz CT molecular complexity index is 402. The highest BCUT2D eigenvalue weighted by Crippen LogP contribution is 2.33. The van der Waals surface area contributed by atoms with Crippen LogP contribution in [0.4, 0.5) is 4.39 Å². The maximum Gasteiger partial charge on any atom is 0.126 e. The van der Waals surface area contributed by atoms with Gasteiger partial charge in [-0.3, -0.25) is 0 Å². The molecule has 2 rings (SSSR count). The summed E-state index contributed by atoms with van der Waals surface area (Å²) in [5, 5.41) is 4.05. The normalized spacial score (nSPS) is 17.8. The molecule has 3 heteroatoms. The fraction of sp³-hybridized carbons (Fsp3) is 0.625. The van der Waals surface area contributed by atoms with Crippen molar-refractivity contribution in [2.75, 3.05) is 13.1 Å². The van der Waals surface area contributed by atoms with Crippen LogP contribution in [0.5, 0.6) is 0 Å². The zero-order chi connectivity index (χ0) is 13.7. The van der Waals surface area contributed by atoms with Gasteiger partial charge < -0.3 is 5.32 Å². The first-order valence-electron chi connectivity index (χ1n) is 7.35. The van der Waals surface area contributed by atoms with Gasteiger partial charge in [-0.25, -0.2) is 4.39 Å². The highest BCUT2D eigenvalue weighted by molar-refractivity contribution is 6.30. The average molecular weight is 284 g/mol. The second-order valence-corrected chi connectivity index (χ2v) is 5.99. The summed E-state index contributed by atoms with van der Waals surface area (Å²) < 4.78 is 13.9. The number of benzene rings is 1. The van der Waals surface area contributed by atoms with Crippen molar-refractivity contribution in [3.05, 3.63) is 34.6 Å². The molecule has 1 aromatic carbocycles. The molecule has 1 fully saturated rings. The van der Waals surface area contributed by atoms with Crippen molar-refractivity contribution in [2.45, 2.75) is 39.0 Å². The van der Waals surface area contributed by atoms with Gasteiger partial charge in [0.2, 0.25) is 0 Å². The molecule has 1 saturated carbocycles. The molecule has 1 unspecified atom stereocenters. The minimum Gasteiger partial charge on any atom is -0.317 e. The van der Waals surface area contributed by atoms with Gasteiger partial charge in [-0.1, -0.05) is 44.2 Å². The summed E-state index contributed by atoms with van der Waals surface area (Å²) >= 11 is 5.98. The zero-order valence-electron chi connectivity index (χ0n) is 11.6. The largest absolute Gasteiger partial charge is 0.317 e. The summed E-state index contributed by atoms with van der Waals surface area (Å²) in [5.41, 5.74) is 0.766. The first-order chi connectivity index (χ1) is 9.20. The van der Waals surface area contributed by atoms with Crippen molar-refractivity contribution in [1.29, 1.82) is 0 Å². The smallest absolute Gasteiger partial charge is 0.126 e. The van der Waals surface area contributed by atoms with Crippen LogP contribution in [0.1, 0.15) is 38.2 Å². The third-order valence-electron chi connectivity index (χ3n) is 4.21. The van der Waals surface area contributed by atoms with E-state index in [1.807, 2.05) is 0 Å². The summed E-state index contributed by atoms with van der Waals surface area (Å²) in [6, 6.07) is 4.89. The first kappa shape index (κ1) is 14.8. The van der Waals surface area contributed by atoms with Gasteiger partial charge in [0, 0.05) is 5.02 Å². The van der Waals surface area contributed by atoms with E-state index in [1.165, 1.54) is 31.7 Å². The molecular formula is C16H23ClFN. The van der Waals surface area contributed by atoms with Crippen LogP contribution in [0.15, 0.2) is 18.2 Å². The Labute approximate surface area is 120 Å². The topological polar surface area (TPSA) is 12.0 Å². The lowest BCUT2D eigenvalue weighted by molar-refractivity contribution is 0.320. The van der Waals surface area contributed by atoms with Gasteiger partial charge in [-0.2, -0.15) is 0 Å². The molecule has 1 aliphatic carbocycles. The molecule has 1 aliphatic rings. The maximum absolute atomic E-state index is 13.9. The van der Waals surface area contributed by atoms with Gasteiger partial charge in [0.05, 0.1) is 0 Å². The van der Waals surface area contributed by atoms with E-state index in [1.54, 1.807) is 12.1 Å². The van der Waals surface area contributed by atoms with Gasteiger partial charge in [0.25, 0.3) is 0 Å². The van der Waals surface area contributed by atoms with Crippen molar-refractivity contribution in [3.63, 3.8) is 0 Å². The number of hydrogen-bond donors (Lipinski definition) is 1. The van der Waals surface area contributed by atoms with Crippen LogP contribution >= 0.6 is 11.6 Å². The van der Waals surface area contributed by atoms with Crippen LogP contribution < -0.4 is 5.32 Å². The Morgan fingerprint density at radius 2 is 2.11 bits per heavy atom. The van der Waals surface area contributed by atoms with E-state index < -0.39 is 0 Å². The number of rotatable bonds is 6. The van der Waals surface area contributed by atoms with Crippen LogP contribution in [0.2, 0.25) is 5.02 Å². The molecule has 1 nitrogen and oxygen atoms in total. The SMILES string of the molecule is CCNCC(Cc1cc(Cl)ccc1F)C1CCCC1. The third kappa shape index (κ3) is 4.19.